The lowest BCUT2D eigenvalue weighted by atomic mass is 9.97. The third-order valence-electron chi connectivity index (χ3n) is 3.93. The number of aromatic nitrogens is 1. The topological polar surface area (TPSA) is 28.2 Å². The zero-order valence-corrected chi connectivity index (χ0v) is 11.4. The van der Waals surface area contributed by atoms with Gasteiger partial charge in [-0.25, -0.2) is 4.98 Å². The maximum absolute atomic E-state index is 6.19. The number of pyridine rings is 1. The number of nitrogens with zero attached hydrogens (tertiary/aromatic N) is 2. The van der Waals surface area contributed by atoms with Crippen LogP contribution in [0.5, 0.6) is 0 Å². The number of halogens is 1. The van der Waals surface area contributed by atoms with Gasteiger partial charge in [-0.05, 0) is 50.3 Å². The van der Waals surface area contributed by atoms with Crippen molar-refractivity contribution >= 4 is 17.4 Å². The van der Waals surface area contributed by atoms with Gasteiger partial charge in [0.1, 0.15) is 5.82 Å². The van der Waals surface area contributed by atoms with Gasteiger partial charge in [-0.2, -0.15) is 0 Å². The molecule has 1 aliphatic carbocycles. The second-order valence-electron chi connectivity index (χ2n) is 5.42. The van der Waals surface area contributed by atoms with Crippen molar-refractivity contribution in [2.75, 3.05) is 24.5 Å². The highest BCUT2D eigenvalue weighted by Crippen LogP contribution is 2.27. The minimum atomic E-state index is 0.770. The summed E-state index contributed by atoms with van der Waals surface area (Å²) in [6.07, 6.45) is 7.06. The van der Waals surface area contributed by atoms with Crippen molar-refractivity contribution in [2.45, 2.75) is 31.7 Å². The summed E-state index contributed by atoms with van der Waals surface area (Å²) in [6.45, 7) is 3.34. The Morgan fingerprint density at radius 3 is 2.72 bits per heavy atom. The van der Waals surface area contributed by atoms with Gasteiger partial charge in [0.15, 0.2) is 0 Å². The molecule has 1 saturated heterocycles. The lowest BCUT2D eigenvalue weighted by Gasteiger charge is -2.33. The Morgan fingerprint density at radius 2 is 2.06 bits per heavy atom. The van der Waals surface area contributed by atoms with Crippen LogP contribution in [0.2, 0.25) is 5.02 Å². The fourth-order valence-electron chi connectivity index (χ4n) is 2.58. The molecule has 0 bridgehead atoms. The molecular weight excluding hydrogens is 246 g/mol. The Kier molecular flexibility index (Phi) is 3.71. The van der Waals surface area contributed by atoms with E-state index < -0.39 is 0 Å². The van der Waals surface area contributed by atoms with Crippen LogP contribution in [0.1, 0.15) is 25.7 Å². The highest BCUT2D eigenvalue weighted by atomic mass is 35.5. The van der Waals surface area contributed by atoms with E-state index in [-0.39, 0.29) is 0 Å². The molecule has 1 N–H and O–H groups in total. The maximum Gasteiger partial charge on any atom is 0.147 e. The monoisotopic (exact) mass is 265 g/mol. The first-order chi connectivity index (χ1) is 8.83. The number of nitrogens with one attached hydrogen (secondary N) is 1. The molecule has 1 aromatic heterocycles. The van der Waals surface area contributed by atoms with Crippen LogP contribution >= 0.6 is 11.6 Å². The minimum Gasteiger partial charge on any atom is -0.355 e. The van der Waals surface area contributed by atoms with E-state index in [4.69, 9.17) is 11.6 Å². The van der Waals surface area contributed by atoms with Crippen LogP contribution in [0.25, 0.3) is 0 Å². The van der Waals surface area contributed by atoms with Gasteiger partial charge in [-0.1, -0.05) is 11.6 Å². The van der Waals surface area contributed by atoms with Gasteiger partial charge in [0.2, 0.25) is 0 Å². The number of rotatable bonds is 4. The standard InChI is InChI=1S/C14H20ClN3/c15-13-2-1-7-16-14(13)18-8-5-11(6-9-18)10-17-12-3-4-12/h1-2,7,11-12,17H,3-6,8-10H2. The highest BCUT2D eigenvalue weighted by molar-refractivity contribution is 6.32. The summed E-state index contributed by atoms with van der Waals surface area (Å²) >= 11 is 6.19. The van der Waals surface area contributed by atoms with E-state index in [1.807, 2.05) is 18.3 Å². The summed E-state index contributed by atoms with van der Waals surface area (Å²) in [6, 6.07) is 4.64. The Hall–Kier alpha value is -0.800. The van der Waals surface area contributed by atoms with Gasteiger partial charge >= 0.3 is 0 Å². The smallest absolute Gasteiger partial charge is 0.147 e. The minimum absolute atomic E-state index is 0.770. The van der Waals surface area contributed by atoms with Crippen molar-refractivity contribution in [3.05, 3.63) is 23.4 Å². The predicted octanol–water partition coefficient (Wildman–Crippen LogP) is 2.70. The molecule has 0 aromatic carbocycles. The summed E-state index contributed by atoms with van der Waals surface area (Å²) < 4.78 is 0. The van der Waals surface area contributed by atoms with E-state index in [1.165, 1.54) is 32.2 Å². The Balaban J connectivity index is 1.51. The van der Waals surface area contributed by atoms with Crippen molar-refractivity contribution in [3.63, 3.8) is 0 Å². The number of piperidine rings is 1. The van der Waals surface area contributed by atoms with Crippen molar-refractivity contribution < 1.29 is 0 Å². The Morgan fingerprint density at radius 1 is 1.28 bits per heavy atom. The van der Waals surface area contributed by atoms with Gasteiger partial charge < -0.3 is 10.2 Å². The van der Waals surface area contributed by atoms with E-state index in [0.29, 0.717) is 0 Å². The Labute approximate surface area is 114 Å². The van der Waals surface area contributed by atoms with Crippen LogP contribution in [0.15, 0.2) is 18.3 Å². The molecule has 3 rings (SSSR count). The zero-order chi connectivity index (χ0) is 12.4. The van der Waals surface area contributed by atoms with Gasteiger partial charge in [-0.3, -0.25) is 0 Å². The molecule has 0 radical (unpaired) electrons. The quantitative estimate of drug-likeness (QED) is 0.907. The van der Waals surface area contributed by atoms with Gasteiger partial charge in [0.05, 0.1) is 5.02 Å². The molecule has 0 spiro atoms. The Bertz CT molecular complexity index is 398. The third kappa shape index (κ3) is 2.96. The average Bonchev–Trinajstić information content (AvgIpc) is 3.22. The van der Waals surface area contributed by atoms with E-state index in [0.717, 1.165) is 35.9 Å². The summed E-state index contributed by atoms with van der Waals surface area (Å²) in [5.41, 5.74) is 0. The summed E-state index contributed by atoms with van der Waals surface area (Å²) in [7, 11) is 0. The normalized spacial score (nSPS) is 21.3. The summed E-state index contributed by atoms with van der Waals surface area (Å²) in [5.74, 6) is 1.78. The summed E-state index contributed by atoms with van der Waals surface area (Å²) in [4.78, 5) is 6.70. The van der Waals surface area contributed by atoms with Crippen LogP contribution < -0.4 is 10.2 Å². The van der Waals surface area contributed by atoms with E-state index in [1.54, 1.807) is 0 Å². The average molecular weight is 266 g/mol. The maximum atomic E-state index is 6.19. The largest absolute Gasteiger partial charge is 0.355 e. The van der Waals surface area contributed by atoms with E-state index in [9.17, 15) is 0 Å². The highest BCUT2D eigenvalue weighted by Gasteiger charge is 2.25. The second-order valence-corrected chi connectivity index (χ2v) is 5.83. The molecule has 2 heterocycles. The molecule has 0 atom stereocenters. The first kappa shape index (κ1) is 12.2. The lowest BCUT2D eigenvalue weighted by molar-refractivity contribution is 0.381. The number of hydrogen-bond acceptors (Lipinski definition) is 3. The van der Waals surface area contributed by atoms with Crippen LogP contribution in [0.3, 0.4) is 0 Å². The first-order valence-corrected chi connectivity index (χ1v) is 7.29. The van der Waals surface area contributed by atoms with Crippen LogP contribution in [0.4, 0.5) is 5.82 Å². The van der Waals surface area contributed by atoms with Crippen molar-refractivity contribution in [1.82, 2.24) is 10.3 Å². The van der Waals surface area contributed by atoms with E-state index >= 15 is 0 Å². The van der Waals surface area contributed by atoms with Crippen molar-refractivity contribution in [2.24, 2.45) is 5.92 Å². The fourth-order valence-corrected chi connectivity index (χ4v) is 2.82. The van der Waals surface area contributed by atoms with Crippen molar-refractivity contribution in [1.29, 1.82) is 0 Å². The molecular formula is C14H20ClN3. The molecule has 2 aliphatic rings. The molecule has 3 nitrogen and oxygen atoms in total. The second kappa shape index (κ2) is 5.45. The molecule has 0 unspecified atom stereocenters. The van der Waals surface area contributed by atoms with E-state index in [2.05, 4.69) is 15.2 Å². The molecule has 2 fully saturated rings. The third-order valence-corrected chi connectivity index (χ3v) is 4.22. The lowest BCUT2D eigenvalue weighted by Crippen LogP contribution is -2.38. The van der Waals surface area contributed by atoms with Gasteiger partial charge in [0.25, 0.3) is 0 Å². The molecule has 98 valence electrons. The first-order valence-electron chi connectivity index (χ1n) is 6.92. The van der Waals surface area contributed by atoms with Crippen LogP contribution in [0, 0.1) is 5.92 Å². The van der Waals surface area contributed by atoms with Gasteiger partial charge in [0, 0.05) is 25.3 Å². The predicted molar refractivity (Wildman–Crippen MR) is 75.2 cm³/mol. The molecule has 18 heavy (non-hydrogen) atoms. The SMILES string of the molecule is Clc1cccnc1N1CCC(CNC2CC2)CC1. The molecule has 4 heteroatoms. The van der Waals surface area contributed by atoms with Crippen molar-refractivity contribution in [3.8, 4) is 0 Å². The zero-order valence-electron chi connectivity index (χ0n) is 10.6. The van der Waals surface area contributed by atoms with Crippen LogP contribution in [-0.4, -0.2) is 30.7 Å². The molecule has 1 aliphatic heterocycles. The van der Waals surface area contributed by atoms with Crippen LogP contribution in [-0.2, 0) is 0 Å². The molecule has 1 saturated carbocycles. The molecule has 0 amide bonds. The van der Waals surface area contributed by atoms with Gasteiger partial charge in [-0.15, -0.1) is 0 Å². The fraction of sp³-hybridized carbons (Fsp3) is 0.643. The number of anilines is 1. The number of hydrogen-bond donors (Lipinski definition) is 1. The summed E-state index contributed by atoms with van der Waals surface area (Å²) in [5, 5.41) is 4.40. The molecule has 1 aromatic rings.